The van der Waals surface area contributed by atoms with Gasteiger partial charge in [0.05, 0.1) is 12.0 Å². The smallest absolute Gasteiger partial charge is 0.222 e. The lowest BCUT2D eigenvalue weighted by atomic mass is 10.1. The van der Waals surface area contributed by atoms with E-state index in [2.05, 4.69) is 30.1 Å². The lowest BCUT2D eigenvalue weighted by Gasteiger charge is -2.21. The Balaban J connectivity index is 2.25. The highest BCUT2D eigenvalue weighted by molar-refractivity contribution is 7.99. The van der Waals surface area contributed by atoms with E-state index in [1.807, 2.05) is 11.8 Å². The molecule has 0 atom stereocenters. The van der Waals surface area contributed by atoms with Gasteiger partial charge in [0.1, 0.15) is 5.15 Å². The van der Waals surface area contributed by atoms with Crippen LogP contribution in [0.2, 0.25) is 5.15 Å². The van der Waals surface area contributed by atoms with Crippen LogP contribution >= 0.6 is 23.4 Å². The topological polar surface area (TPSA) is 61.0 Å². The van der Waals surface area contributed by atoms with Crippen molar-refractivity contribution in [2.45, 2.75) is 31.6 Å². The van der Waals surface area contributed by atoms with E-state index >= 15 is 0 Å². The van der Waals surface area contributed by atoms with Crippen molar-refractivity contribution in [1.82, 2.24) is 9.97 Å². The number of aromatic nitrogens is 2. The highest BCUT2D eigenvalue weighted by atomic mass is 35.5. The highest BCUT2D eigenvalue weighted by Gasteiger charge is 2.16. The summed E-state index contributed by atoms with van der Waals surface area (Å²) in [6.07, 6.45) is 6.49. The molecule has 2 heterocycles. The van der Waals surface area contributed by atoms with Gasteiger partial charge in [0.25, 0.3) is 0 Å². The van der Waals surface area contributed by atoms with E-state index in [-0.39, 0.29) is 4.75 Å². The molecule has 0 aliphatic heterocycles. The predicted octanol–water partition coefficient (Wildman–Crippen LogP) is 3.65. The first-order chi connectivity index (χ1) is 9.96. The first-order valence-corrected chi connectivity index (χ1v) is 8.38. The van der Waals surface area contributed by atoms with Crippen molar-refractivity contribution in [1.29, 1.82) is 0 Å². The summed E-state index contributed by atoms with van der Waals surface area (Å²) in [5.74, 6) is 0.586. The maximum absolute atomic E-state index is 5.97. The third-order valence-corrected chi connectivity index (χ3v) is 5.02. The molecule has 0 unspecified atom stereocenters. The second kappa shape index (κ2) is 6.81. The van der Waals surface area contributed by atoms with Crippen LogP contribution in [0.15, 0.2) is 18.5 Å². The van der Waals surface area contributed by atoms with Crippen molar-refractivity contribution in [3.8, 4) is 5.88 Å². The van der Waals surface area contributed by atoms with Gasteiger partial charge in [-0.15, -0.1) is 0 Å². The molecule has 0 radical (unpaired) electrons. The molecule has 2 aromatic rings. The SMILES string of the molecule is CSC(C)(C)CCOc1ncc(CN)c2cc(Cl)ncc12. The molecule has 0 amide bonds. The number of hydrogen-bond donors (Lipinski definition) is 1. The zero-order valence-electron chi connectivity index (χ0n) is 12.5. The summed E-state index contributed by atoms with van der Waals surface area (Å²) in [7, 11) is 0. The molecule has 0 spiro atoms. The van der Waals surface area contributed by atoms with Crippen LogP contribution in [0.25, 0.3) is 10.8 Å². The average Bonchev–Trinajstić information content (AvgIpc) is 2.47. The number of fused-ring (bicyclic) bond motifs is 1. The number of ether oxygens (including phenoxy) is 1. The van der Waals surface area contributed by atoms with E-state index in [0.717, 1.165) is 22.8 Å². The van der Waals surface area contributed by atoms with E-state index < -0.39 is 0 Å². The third-order valence-electron chi connectivity index (χ3n) is 3.50. The number of nitrogens with two attached hydrogens (primary N) is 1. The Morgan fingerprint density at radius 1 is 1.29 bits per heavy atom. The van der Waals surface area contributed by atoms with Gasteiger partial charge in [-0.3, -0.25) is 0 Å². The molecular weight excluding hydrogens is 306 g/mol. The quantitative estimate of drug-likeness (QED) is 0.821. The van der Waals surface area contributed by atoms with Gasteiger partial charge in [0.2, 0.25) is 5.88 Å². The van der Waals surface area contributed by atoms with Gasteiger partial charge in [0.15, 0.2) is 0 Å². The van der Waals surface area contributed by atoms with E-state index in [1.165, 1.54) is 0 Å². The Bertz CT molecular complexity index is 634. The van der Waals surface area contributed by atoms with Crippen molar-refractivity contribution in [3.05, 3.63) is 29.2 Å². The van der Waals surface area contributed by atoms with Gasteiger partial charge < -0.3 is 10.5 Å². The molecule has 21 heavy (non-hydrogen) atoms. The summed E-state index contributed by atoms with van der Waals surface area (Å²) >= 11 is 7.79. The van der Waals surface area contributed by atoms with Crippen LogP contribution in [0, 0.1) is 0 Å². The molecule has 0 bridgehead atoms. The van der Waals surface area contributed by atoms with Crippen LogP contribution < -0.4 is 10.5 Å². The minimum Gasteiger partial charge on any atom is -0.477 e. The number of rotatable bonds is 6. The molecule has 6 heteroatoms. The van der Waals surface area contributed by atoms with E-state index in [9.17, 15) is 0 Å². The van der Waals surface area contributed by atoms with Crippen LogP contribution in [0.3, 0.4) is 0 Å². The van der Waals surface area contributed by atoms with Gasteiger partial charge in [-0.25, -0.2) is 9.97 Å². The molecule has 0 saturated carbocycles. The van der Waals surface area contributed by atoms with Crippen molar-refractivity contribution in [3.63, 3.8) is 0 Å². The maximum atomic E-state index is 5.97. The number of nitrogens with zero attached hydrogens (tertiary/aromatic N) is 2. The second-order valence-corrected chi connectivity index (χ2v) is 7.31. The number of thioether (sulfide) groups is 1. The predicted molar refractivity (Wildman–Crippen MR) is 90.1 cm³/mol. The van der Waals surface area contributed by atoms with E-state index in [4.69, 9.17) is 22.1 Å². The molecule has 114 valence electrons. The first kappa shape index (κ1) is 16.3. The van der Waals surface area contributed by atoms with E-state index in [1.54, 1.807) is 18.5 Å². The van der Waals surface area contributed by atoms with Crippen LogP contribution in [0.4, 0.5) is 0 Å². The Morgan fingerprint density at radius 2 is 2.05 bits per heavy atom. The summed E-state index contributed by atoms with van der Waals surface area (Å²) < 4.78 is 6.04. The van der Waals surface area contributed by atoms with Crippen LogP contribution in [-0.2, 0) is 6.54 Å². The molecule has 0 aliphatic carbocycles. The zero-order chi connectivity index (χ0) is 15.5. The fourth-order valence-corrected chi connectivity index (χ4v) is 2.36. The molecular formula is C15H20ClN3OS. The Morgan fingerprint density at radius 3 is 2.71 bits per heavy atom. The van der Waals surface area contributed by atoms with Gasteiger partial charge in [-0.1, -0.05) is 25.4 Å². The highest BCUT2D eigenvalue weighted by Crippen LogP contribution is 2.29. The number of pyridine rings is 2. The van der Waals surface area contributed by atoms with Crippen molar-refractivity contribution >= 4 is 34.1 Å². The normalized spacial score (nSPS) is 11.9. The summed E-state index contributed by atoms with van der Waals surface area (Å²) in [6.45, 7) is 5.42. The first-order valence-electron chi connectivity index (χ1n) is 6.78. The molecule has 2 rings (SSSR count). The Labute approximate surface area is 134 Å². The van der Waals surface area contributed by atoms with Crippen LogP contribution in [-0.4, -0.2) is 27.6 Å². The summed E-state index contributed by atoms with van der Waals surface area (Å²) in [6, 6.07) is 1.81. The van der Waals surface area contributed by atoms with Crippen molar-refractivity contribution in [2.24, 2.45) is 5.73 Å². The van der Waals surface area contributed by atoms with Gasteiger partial charge in [-0.05, 0) is 29.7 Å². The van der Waals surface area contributed by atoms with Gasteiger partial charge in [0, 0.05) is 23.7 Å². The number of hydrogen-bond acceptors (Lipinski definition) is 5. The number of halogens is 1. The minimum absolute atomic E-state index is 0.189. The summed E-state index contributed by atoms with van der Waals surface area (Å²) in [4.78, 5) is 8.48. The zero-order valence-corrected chi connectivity index (χ0v) is 14.1. The third kappa shape index (κ3) is 3.99. The standard InChI is InChI=1S/C15H20ClN3OS/c1-15(2,21-3)4-5-20-14-12-9-18-13(16)6-11(12)10(7-17)8-19-14/h6,8-9H,4-5,7,17H2,1-3H3. The lowest BCUT2D eigenvalue weighted by Crippen LogP contribution is -2.18. The lowest BCUT2D eigenvalue weighted by molar-refractivity contribution is 0.290. The monoisotopic (exact) mass is 325 g/mol. The van der Waals surface area contributed by atoms with Crippen LogP contribution in [0.5, 0.6) is 5.88 Å². The molecule has 2 N–H and O–H groups in total. The Hall–Kier alpha value is -1.04. The largest absolute Gasteiger partial charge is 0.477 e. The molecule has 0 saturated heterocycles. The van der Waals surface area contributed by atoms with Crippen LogP contribution in [0.1, 0.15) is 25.8 Å². The molecule has 2 aromatic heterocycles. The fourth-order valence-electron chi connectivity index (χ4n) is 1.91. The van der Waals surface area contributed by atoms with Gasteiger partial charge in [-0.2, -0.15) is 11.8 Å². The maximum Gasteiger partial charge on any atom is 0.222 e. The summed E-state index contributed by atoms with van der Waals surface area (Å²) in [5.41, 5.74) is 6.68. The van der Waals surface area contributed by atoms with E-state index in [0.29, 0.717) is 24.2 Å². The van der Waals surface area contributed by atoms with Crippen molar-refractivity contribution < 1.29 is 4.74 Å². The second-order valence-electron chi connectivity index (χ2n) is 5.41. The minimum atomic E-state index is 0.189. The molecule has 4 nitrogen and oxygen atoms in total. The van der Waals surface area contributed by atoms with Gasteiger partial charge >= 0.3 is 0 Å². The molecule has 0 fully saturated rings. The Kier molecular flexibility index (Phi) is 5.30. The fraction of sp³-hybridized carbons (Fsp3) is 0.467. The molecule has 0 aromatic carbocycles. The summed E-state index contributed by atoms with van der Waals surface area (Å²) in [5, 5.41) is 2.24. The average molecular weight is 326 g/mol. The molecule has 0 aliphatic rings. The van der Waals surface area contributed by atoms with Crippen molar-refractivity contribution in [2.75, 3.05) is 12.9 Å².